The summed E-state index contributed by atoms with van der Waals surface area (Å²) in [5.74, 6) is 0.654. The second kappa shape index (κ2) is 6.92. The molecule has 0 spiro atoms. The summed E-state index contributed by atoms with van der Waals surface area (Å²) in [7, 11) is 3.42. The number of amides is 1. The van der Waals surface area contributed by atoms with Crippen LogP contribution in [0.5, 0.6) is 5.75 Å². The number of rotatable bonds is 3. The lowest BCUT2D eigenvalue weighted by Crippen LogP contribution is -2.34. The number of fused-ring (bicyclic) bond motifs is 1. The van der Waals surface area contributed by atoms with E-state index in [9.17, 15) is 4.79 Å². The minimum Gasteiger partial charge on any atom is -0.495 e. The average Bonchev–Trinajstić information content (AvgIpc) is 2.85. The number of nitrogens with zero attached hydrogens (tertiary/aromatic N) is 3. The van der Waals surface area contributed by atoms with E-state index in [1.54, 1.807) is 35.9 Å². The van der Waals surface area contributed by atoms with Gasteiger partial charge >= 0.3 is 0 Å². The number of halogens is 1. The van der Waals surface area contributed by atoms with Crippen molar-refractivity contribution in [2.75, 3.05) is 18.6 Å². The molecule has 5 nitrogen and oxygen atoms in total. The number of methoxy groups -OCH3 is 1. The molecule has 0 atom stereocenters. The van der Waals surface area contributed by atoms with Gasteiger partial charge < -0.3 is 9.64 Å². The Morgan fingerprint density at radius 1 is 1.36 bits per heavy atom. The van der Waals surface area contributed by atoms with Crippen LogP contribution in [0.25, 0.3) is 6.08 Å². The summed E-state index contributed by atoms with van der Waals surface area (Å²) >= 11 is 6.24. The summed E-state index contributed by atoms with van der Waals surface area (Å²) in [5.41, 5.74) is 4.82. The van der Waals surface area contributed by atoms with Crippen LogP contribution in [0.4, 0.5) is 5.69 Å². The van der Waals surface area contributed by atoms with Gasteiger partial charge in [-0.2, -0.15) is 5.10 Å². The highest BCUT2D eigenvalue weighted by Crippen LogP contribution is 2.38. The largest absolute Gasteiger partial charge is 0.495 e. The molecule has 1 amide bonds. The molecule has 0 radical (unpaired) electrons. The van der Waals surface area contributed by atoms with Crippen LogP contribution in [-0.2, 0) is 18.3 Å². The van der Waals surface area contributed by atoms with Crippen LogP contribution in [-0.4, -0.2) is 29.3 Å². The molecule has 1 aromatic heterocycles. The third-order valence-corrected chi connectivity index (χ3v) is 5.08. The van der Waals surface area contributed by atoms with Crippen LogP contribution in [0.15, 0.2) is 18.2 Å². The van der Waals surface area contributed by atoms with Crippen molar-refractivity contribution in [3.8, 4) is 5.75 Å². The van der Waals surface area contributed by atoms with E-state index < -0.39 is 0 Å². The molecule has 25 heavy (non-hydrogen) atoms. The maximum Gasteiger partial charge on any atom is 0.251 e. The lowest BCUT2D eigenvalue weighted by molar-refractivity contribution is -0.114. The predicted molar refractivity (Wildman–Crippen MR) is 100 cm³/mol. The van der Waals surface area contributed by atoms with Gasteiger partial charge in [0.25, 0.3) is 5.91 Å². The first kappa shape index (κ1) is 17.5. The smallest absolute Gasteiger partial charge is 0.251 e. The van der Waals surface area contributed by atoms with Crippen molar-refractivity contribution in [3.05, 3.63) is 45.7 Å². The topological polar surface area (TPSA) is 47.4 Å². The van der Waals surface area contributed by atoms with Gasteiger partial charge in [-0.1, -0.05) is 17.7 Å². The van der Waals surface area contributed by atoms with E-state index in [1.165, 1.54) is 11.1 Å². The summed E-state index contributed by atoms with van der Waals surface area (Å²) in [6, 6.07) is 3.96. The van der Waals surface area contributed by atoms with Gasteiger partial charge in [0, 0.05) is 25.2 Å². The Balaban J connectivity index is 1.95. The van der Waals surface area contributed by atoms with Gasteiger partial charge in [0.15, 0.2) is 0 Å². The van der Waals surface area contributed by atoms with Crippen molar-refractivity contribution in [2.45, 2.75) is 26.7 Å². The van der Waals surface area contributed by atoms with Crippen molar-refractivity contribution in [1.82, 2.24) is 9.78 Å². The van der Waals surface area contributed by atoms with E-state index in [4.69, 9.17) is 16.3 Å². The van der Waals surface area contributed by atoms with E-state index >= 15 is 0 Å². The van der Waals surface area contributed by atoms with Gasteiger partial charge in [-0.25, -0.2) is 0 Å². The molecule has 0 saturated carbocycles. The summed E-state index contributed by atoms with van der Waals surface area (Å²) in [6.45, 7) is 4.62. The normalized spacial score (nSPS) is 14.0. The maximum absolute atomic E-state index is 12.9. The highest BCUT2D eigenvalue weighted by molar-refractivity contribution is 6.31. The lowest BCUT2D eigenvalue weighted by atomic mass is 9.96. The summed E-state index contributed by atoms with van der Waals surface area (Å²) in [6.07, 6.45) is 5.20. The number of benzene rings is 1. The fourth-order valence-electron chi connectivity index (χ4n) is 3.32. The van der Waals surface area contributed by atoms with Crippen LogP contribution < -0.4 is 9.64 Å². The van der Waals surface area contributed by atoms with Gasteiger partial charge in [-0.05, 0) is 50.0 Å². The van der Waals surface area contributed by atoms with E-state index in [0.29, 0.717) is 11.7 Å². The third-order valence-electron chi connectivity index (χ3n) is 4.63. The number of hydrogen-bond donors (Lipinski definition) is 0. The molecule has 0 unspecified atom stereocenters. The molecule has 132 valence electrons. The molecule has 3 rings (SSSR count). The van der Waals surface area contributed by atoms with E-state index in [0.717, 1.165) is 35.5 Å². The van der Waals surface area contributed by atoms with Crippen molar-refractivity contribution in [1.29, 1.82) is 0 Å². The zero-order valence-electron chi connectivity index (χ0n) is 15.0. The van der Waals surface area contributed by atoms with Crippen molar-refractivity contribution >= 4 is 29.3 Å². The minimum atomic E-state index is -0.0795. The van der Waals surface area contributed by atoms with Gasteiger partial charge in [0.05, 0.1) is 18.5 Å². The summed E-state index contributed by atoms with van der Waals surface area (Å²) < 4.78 is 7.10. The number of anilines is 1. The first-order valence-electron chi connectivity index (χ1n) is 8.29. The summed E-state index contributed by atoms with van der Waals surface area (Å²) in [4.78, 5) is 14.6. The molecule has 0 saturated heterocycles. The molecule has 2 aromatic rings. The number of carbonyl (C=O) groups excluding carboxylic acids is 1. The zero-order chi connectivity index (χ0) is 18.1. The molecule has 1 aromatic carbocycles. The Hall–Kier alpha value is -2.27. The Labute approximate surface area is 152 Å². The summed E-state index contributed by atoms with van der Waals surface area (Å²) in [5, 5.41) is 4.79. The standard InChI is InChI=1S/C19H22ClN3O2/c1-12-7-9-16(25-4)18-14(12)6-5-11-23(18)17(24)10-8-15-13(2)21-22(3)19(15)20/h7-10H,5-6,11H2,1-4H3/b10-8+. The van der Waals surface area contributed by atoms with Crippen LogP contribution in [0.1, 0.15) is 28.8 Å². The number of hydrogen-bond acceptors (Lipinski definition) is 3. The number of aryl methyl sites for hydroxylation is 3. The molecule has 0 bridgehead atoms. The number of carbonyl (C=O) groups is 1. The monoisotopic (exact) mass is 359 g/mol. The molecule has 0 N–H and O–H groups in total. The molecular weight excluding hydrogens is 338 g/mol. The third kappa shape index (κ3) is 3.16. The Morgan fingerprint density at radius 3 is 2.76 bits per heavy atom. The second-order valence-electron chi connectivity index (χ2n) is 6.25. The van der Waals surface area contributed by atoms with Crippen molar-refractivity contribution in [3.63, 3.8) is 0 Å². The Morgan fingerprint density at radius 2 is 2.12 bits per heavy atom. The highest BCUT2D eigenvalue weighted by atomic mass is 35.5. The highest BCUT2D eigenvalue weighted by Gasteiger charge is 2.26. The average molecular weight is 360 g/mol. The molecule has 1 aliphatic heterocycles. The zero-order valence-corrected chi connectivity index (χ0v) is 15.7. The SMILES string of the molecule is COc1ccc(C)c2c1N(C(=O)/C=C/c1c(C)nn(C)c1Cl)CCC2. The van der Waals surface area contributed by atoms with Gasteiger partial charge in [-0.3, -0.25) is 9.48 Å². The number of ether oxygens (including phenoxy) is 1. The fraction of sp³-hybridized carbons (Fsp3) is 0.368. The molecule has 0 aliphatic carbocycles. The van der Waals surface area contributed by atoms with Crippen LogP contribution in [0, 0.1) is 13.8 Å². The molecular formula is C19H22ClN3O2. The van der Waals surface area contributed by atoms with Gasteiger partial charge in [-0.15, -0.1) is 0 Å². The molecule has 2 heterocycles. The minimum absolute atomic E-state index is 0.0795. The van der Waals surface area contributed by atoms with Crippen LogP contribution in [0.3, 0.4) is 0 Å². The first-order chi connectivity index (χ1) is 11.9. The molecule has 0 fully saturated rings. The van der Waals surface area contributed by atoms with E-state index in [-0.39, 0.29) is 5.91 Å². The Kier molecular flexibility index (Phi) is 4.86. The van der Waals surface area contributed by atoms with Crippen LogP contribution >= 0.6 is 11.6 Å². The van der Waals surface area contributed by atoms with E-state index in [1.807, 2.05) is 19.1 Å². The predicted octanol–water partition coefficient (Wildman–Crippen LogP) is 3.69. The second-order valence-corrected chi connectivity index (χ2v) is 6.61. The van der Waals surface area contributed by atoms with Crippen LogP contribution in [0.2, 0.25) is 5.15 Å². The molecule has 1 aliphatic rings. The fourth-order valence-corrected chi connectivity index (χ4v) is 3.56. The number of aromatic nitrogens is 2. The van der Waals surface area contributed by atoms with Crippen molar-refractivity contribution in [2.24, 2.45) is 7.05 Å². The van der Waals surface area contributed by atoms with Crippen molar-refractivity contribution < 1.29 is 9.53 Å². The molecule has 6 heteroatoms. The Bertz CT molecular complexity index is 855. The lowest BCUT2D eigenvalue weighted by Gasteiger charge is -2.31. The quantitative estimate of drug-likeness (QED) is 0.785. The maximum atomic E-state index is 12.9. The van der Waals surface area contributed by atoms with E-state index in [2.05, 4.69) is 12.0 Å². The van der Waals surface area contributed by atoms with Gasteiger partial charge in [0.1, 0.15) is 10.9 Å². The van der Waals surface area contributed by atoms with Gasteiger partial charge in [0.2, 0.25) is 0 Å². The first-order valence-corrected chi connectivity index (χ1v) is 8.67.